The van der Waals surface area contributed by atoms with Gasteiger partial charge in [0.25, 0.3) is 0 Å². The fourth-order valence-electron chi connectivity index (χ4n) is 3.30. The summed E-state index contributed by atoms with van der Waals surface area (Å²) < 4.78 is 0. The Bertz CT molecular complexity index is 171. The molecule has 1 rings (SSSR count). The fraction of sp³-hybridized carbons (Fsp3) is 1.00. The van der Waals surface area contributed by atoms with Gasteiger partial charge in [-0.2, -0.15) is 0 Å². The average Bonchev–Trinajstić information content (AvgIpc) is 2.03. The summed E-state index contributed by atoms with van der Waals surface area (Å²) in [6.07, 6.45) is 3.58. The lowest BCUT2D eigenvalue weighted by Crippen LogP contribution is -2.53. The molecule has 1 aliphatic rings. The number of hydrogen-bond acceptors (Lipinski definition) is 1. The minimum atomic E-state index is 0.258. The van der Waals surface area contributed by atoms with Crippen molar-refractivity contribution in [1.29, 1.82) is 0 Å². The highest BCUT2D eigenvalue weighted by Crippen LogP contribution is 2.63. The Kier molecular flexibility index (Phi) is 3.30. The van der Waals surface area contributed by atoms with E-state index in [1.165, 1.54) is 12.8 Å². The maximum absolute atomic E-state index is 9.43. The van der Waals surface area contributed by atoms with Gasteiger partial charge in [-0.1, -0.05) is 34.6 Å². The molecule has 0 aromatic heterocycles. The van der Waals surface area contributed by atoms with Crippen LogP contribution in [0.5, 0.6) is 0 Å². The molecule has 0 amide bonds. The molecular formula is C13H26O. The second-order valence-electron chi connectivity index (χ2n) is 5.91. The van der Waals surface area contributed by atoms with E-state index in [0.29, 0.717) is 12.0 Å². The van der Waals surface area contributed by atoms with Gasteiger partial charge in [0.05, 0.1) is 0 Å². The van der Waals surface area contributed by atoms with E-state index in [4.69, 9.17) is 0 Å². The van der Waals surface area contributed by atoms with Gasteiger partial charge < -0.3 is 5.11 Å². The fourth-order valence-corrected chi connectivity index (χ4v) is 3.30. The molecular weight excluding hydrogens is 172 g/mol. The van der Waals surface area contributed by atoms with E-state index in [1.54, 1.807) is 0 Å². The monoisotopic (exact) mass is 198 g/mol. The van der Waals surface area contributed by atoms with Crippen molar-refractivity contribution in [3.05, 3.63) is 0 Å². The van der Waals surface area contributed by atoms with Crippen LogP contribution in [0.15, 0.2) is 0 Å². The molecule has 1 fully saturated rings. The van der Waals surface area contributed by atoms with Crippen molar-refractivity contribution in [3.63, 3.8) is 0 Å². The number of hydrogen-bond donors (Lipinski definition) is 1. The minimum absolute atomic E-state index is 0.258. The van der Waals surface area contributed by atoms with E-state index in [2.05, 4.69) is 34.6 Å². The van der Waals surface area contributed by atoms with Gasteiger partial charge in [0, 0.05) is 6.61 Å². The summed E-state index contributed by atoms with van der Waals surface area (Å²) >= 11 is 0. The van der Waals surface area contributed by atoms with Gasteiger partial charge in [0.2, 0.25) is 0 Å². The van der Waals surface area contributed by atoms with E-state index in [1.807, 2.05) is 0 Å². The first kappa shape index (κ1) is 12.0. The van der Waals surface area contributed by atoms with Crippen LogP contribution in [-0.2, 0) is 0 Å². The van der Waals surface area contributed by atoms with Crippen molar-refractivity contribution in [2.45, 2.75) is 53.9 Å². The molecule has 1 aliphatic carbocycles. The van der Waals surface area contributed by atoms with E-state index in [-0.39, 0.29) is 5.41 Å². The lowest BCUT2D eigenvalue weighted by atomic mass is 9.45. The Morgan fingerprint density at radius 1 is 1.07 bits per heavy atom. The first-order valence-electron chi connectivity index (χ1n) is 6.03. The smallest absolute Gasteiger partial charge is 0.0487 e. The molecule has 0 atom stereocenters. The molecule has 0 aromatic carbocycles. The third-order valence-corrected chi connectivity index (χ3v) is 4.79. The van der Waals surface area contributed by atoms with Crippen molar-refractivity contribution in [3.8, 4) is 0 Å². The van der Waals surface area contributed by atoms with Crippen molar-refractivity contribution >= 4 is 0 Å². The van der Waals surface area contributed by atoms with Gasteiger partial charge in [-0.15, -0.1) is 0 Å². The third kappa shape index (κ3) is 1.60. The van der Waals surface area contributed by atoms with Crippen molar-refractivity contribution < 1.29 is 5.11 Å². The van der Waals surface area contributed by atoms with Gasteiger partial charge in [-0.3, -0.25) is 0 Å². The summed E-state index contributed by atoms with van der Waals surface area (Å²) in [5.74, 6) is 1.49. The largest absolute Gasteiger partial charge is 0.396 e. The molecule has 0 heterocycles. The Balaban J connectivity index is 2.73. The van der Waals surface area contributed by atoms with Crippen LogP contribution in [0.2, 0.25) is 0 Å². The maximum Gasteiger partial charge on any atom is 0.0487 e. The highest BCUT2D eigenvalue weighted by atomic mass is 16.3. The molecule has 14 heavy (non-hydrogen) atoms. The van der Waals surface area contributed by atoms with Crippen LogP contribution in [0, 0.1) is 22.7 Å². The predicted molar refractivity (Wildman–Crippen MR) is 61.2 cm³/mol. The third-order valence-electron chi connectivity index (χ3n) is 4.79. The molecule has 0 saturated heterocycles. The molecule has 1 N–H and O–H groups in total. The molecule has 1 saturated carbocycles. The van der Waals surface area contributed by atoms with Gasteiger partial charge in [-0.25, -0.2) is 0 Å². The van der Waals surface area contributed by atoms with Crippen LogP contribution in [0.1, 0.15) is 53.9 Å². The first-order chi connectivity index (χ1) is 6.42. The maximum atomic E-state index is 9.43. The zero-order valence-corrected chi connectivity index (χ0v) is 10.4. The van der Waals surface area contributed by atoms with Crippen LogP contribution in [0.25, 0.3) is 0 Å². The first-order valence-corrected chi connectivity index (χ1v) is 6.03. The van der Waals surface area contributed by atoms with Gasteiger partial charge in [0.1, 0.15) is 0 Å². The summed E-state index contributed by atoms with van der Waals surface area (Å²) in [4.78, 5) is 0. The van der Waals surface area contributed by atoms with Crippen LogP contribution < -0.4 is 0 Å². The van der Waals surface area contributed by atoms with Crippen LogP contribution in [0.3, 0.4) is 0 Å². The molecule has 0 aromatic rings. The molecule has 1 heteroatoms. The molecule has 0 radical (unpaired) electrons. The quantitative estimate of drug-likeness (QED) is 0.733. The SMILES string of the molecule is CCC1(CO)CC(C(C)C)(C(C)C)C1. The van der Waals surface area contributed by atoms with Gasteiger partial charge in [-0.05, 0) is 41.9 Å². The topological polar surface area (TPSA) is 20.2 Å². The predicted octanol–water partition coefficient (Wildman–Crippen LogP) is 3.47. The zero-order valence-electron chi connectivity index (χ0n) is 10.4. The van der Waals surface area contributed by atoms with Crippen LogP contribution in [-0.4, -0.2) is 11.7 Å². The molecule has 0 aliphatic heterocycles. The Morgan fingerprint density at radius 3 is 1.71 bits per heavy atom. The Hall–Kier alpha value is -0.0400. The van der Waals surface area contributed by atoms with E-state index >= 15 is 0 Å². The molecule has 0 unspecified atom stereocenters. The minimum Gasteiger partial charge on any atom is -0.396 e. The second kappa shape index (κ2) is 3.84. The lowest BCUT2D eigenvalue weighted by molar-refractivity contribution is -0.132. The summed E-state index contributed by atoms with van der Waals surface area (Å²) in [6, 6.07) is 0. The highest BCUT2D eigenvalue weighted by Gasteiger charge is 2.55. The normalized spacial score (nSPS) is 24.0. The number of aliphatic hydroxyl groups is 1. The molecule has 0 bridgehead atoms. The Labute approximate surface area is 88.9 Å². The highest BCUT2D eigenvalue weighted by molar-refractivity contribution is 5.05. The van der Waals surface area contributed by atoms with E-state index in [0.717, 1.165) is 18.3 Å². The molecule has 1 nitrogen and oxygen atoms in total. The zero-order chi connectivity index (χ0) is 11.0. The van der Waals surface area contributed by atoms with Gasteiger partial charge >= 0.3 is 0 Å². The second-order valence-corrected chi connectivity index (χ2v) is 5.91. The number of rotatable bonds is 4. The standard InChI is InChI=1S/C13H26O/c1-6-12(9-14)7-13(8-12,10(2)3)11(4)5/h10-11,14H,6-9H2,1-5H3. The average molecular weight is 198 g/mol. The summed E-state index contributed by atoms with van der Waals surface area (Å²) in [7, 11) is 0. The lowest BCUT2D eigenvalue weighted by Gasteiger charge is -2.60. The molecule has 0 spiro atoms. The number of aliphatic hydroxyl groups excluding tert-OH is 1. The van der Waals surface area contributed by atoms with Crippen molar-refractivity contribution in [2.75, 3.05) is 6.61 Å². The van der Waals surface area contributed by atoms with Crippen LogP contribution in [0.4, 0.5) is 0 Å². The summed E-state index contributed by atoms with van der Waals surface area (Å²) in [5.41, 5.74) is 0.757. The molecule has 84 valence electrons. The van der Waals surface area contributed by atoms with Crippen LogP contribution >= 0.6 is 0 Å². The van der Waals surface area contributed by atoms with Crippen molar-refractivity contribution in [2.24, 2.45) is 22.7 Å². The summed E-state index contributed by atoms with van der Waals surface area (Å²) in [6.45, 7) is 11.9. The van der Waals surface area contributed by atoms with E-state index in [9.17, 15) is 5.11 Å². The van der Waals surface area contributed by atoms with Crippen molar-refractivity contribution in [1.82, 2.24) is 0 Å². The van der Waals surface area contributed by atoms with Gasteiger partial charge in [0.15, 0.2) is 0 Å². The summed E-state index contributed by atoms with van der Waals surface area (Å²) in [5, 5.41) is 9.43. The van der Waals surface area contributed by atoms with E-state index < -0.39 is 0 Å². The Morgan fingerprint density at radius 2 is 1.50 bits per heavy atom.